The molecule has 11 heteroatoms. The lowest BCUT2D eigenvalue weighted by Crippen LogP contribution is -2.24. The number of ether oxygens (including phenoxy) is 2. The van der Waals surface area contributed by atoms with Crippen molar-refractivity contribution in [2.75, 3.05) is 14.2 Å². The van der Waals surface area contributed by atoms with Gasteiger partial charge in [0.25, 0.3) is 5.91 Å². The second kappa shape index (κ2) is 15.0. The molecule has 1 aliphatic heterocycles. The normalized spacial score (nSPS) is 12.0. The van der Waals surface area contributed by atoms with E-state index < -0.39 is 5.91 Å². The number of nitrogens with zero attached hydrogens (tertiary/aromatic N) is 2. The average molecular weight is 525 g/mol. The minimum atomic E-state index is -0.405. The average Bonchev–Trinajstić information content (AvgIpc) is 3.32. The number of hydrogen-bond acceptors (Lipinski definition) is 6. The van der Waals surface area contributed by atoms with E-state index in [9.17, 15) is 14.4 Å². The van der Waals surface area contributed by atoms with Gasteiger partial charge in [-0.1, -0.05) is 38.1 Å². The van der Waals surface area contributed by atoms with Gasteiger partial charge in [0.15, 0.2) is 17.5 Å². The Balaban J connectivity index is 0.000000273. The van der Waals surface area contributed by atoms with E-state index >= 15 is 0 Å². The molecule has 3 rings (SSSR count). The van der Waals surface area contributed by atoms with E-state index in [0.29, 0.717) is 36.8 Å². The van der Waals surface area contributed by atoms with Gasteiger partial charge in [-0.25, -0.2) is 5.43 Å². The highest BCUT2D eigenvalue weighted by atomic mass is 16.5. The van der Waals surface area contributed by atoms with Gasteiger partial charge < -0.3 is 26.3 Å². The molecule has 0 unspecified atom stereocenters. The number of amides is 3. The van der Waals surface area contributed by atoms with Gasteiger partial charge in [-0.3, -0.25) is 14.4 Å². The van der Waals surface area contributed by atoms with Gasteiger partial charge in [-0.2, -0.15) is 10.1 Å². The Morgan fingerprint density at radius 1 is 1.08 bits per heavy atom. The second-order valence-electron chi connectivity index (χ2n) is 8.98. The fraction of sp³-hybridized carbons (Fsp3) is 0.370. The summed E-state index contributed by atoms with van der Waals surface area (Å²) < 4.78 is 10.2. The molecule has 2 aromatic carbocycles. The summed E-state index contributed by atoms with van der Waals surface area (Å²) in [5.74, 6) is 1.03. The number of benzene rings is 2. The highest BCUT2D eigenvalue weighted by molar-refractivity contribution is 6.13. The van der Waals surface area contributed by atoms with Crippen molar-refractivity contribution >= 4 is 29.4 Å². The molecule has 0 saturated carbocycles. The molecule has 38 heavy (non-hydrogen) atoms. The summed E-state index contributed by atoms with van der Waals surface area (Å²) in [6, 6.07) is 12.9. The van der Waals surface area contributed by atoms with Crippen molar-refractivity contribution in [1.29, 1.82) is 0 Å². The van der Waals surface area contributed by atoms with Crippen LogP contribution in [0, 0.1) is 5.92 Å². The van der Waals surface area contributed by atoms with Gasteiger partial charge >= 0.3 is 0 Å². The minimum Gasteiger partial charge on any atom is -0.493 e. The fourth-order valence-electron chi connectivity index (χ4n) is 3.45. The van der Waals surface area contributed by atoms with Crippen LogP contribution in [-0.2, 0) is 27.3 Å². The monoisotopic (exact) mass is 524 g/mol. The maximum absolute atomic E-state index is 11.7. The lowest BCUT2D eigenvalue weighted by atomic mass is 10.0. The van der Waals surface area contributed by atoms with Gasteiger partial charge in [0, 0.05) is 13.0 Å². The van der Waals surface area contributed by atoms with Gasteiger partial charge in [-0.15, -0.1) is 0 Å². The lowest BCUT2D eigenvalue weighted by Gasteiger charge is -2.08. The summed E-state index contributed by atoms with van der Waals surface area (Å²) in [5, 5.41) is 6.92. The number of carbonyl (C=O) groups is 3. The van der Waals surface area contributed by atoms with Crippen molar-refractivity contribution in [2.45, 2.75) is 46.1 Å². The van der Waals surface area contributed by atoms with E-state index in [-0.39, 0.29) is 24.2 Å². The summed E-state index contributed by atoms with van der Waals surface area (Å²) in [6.45, 7) is 4.71. The first-order chi connectivity index (χ1) is 18.1. The largest absolute Gasteiger partial charge is 0.493 e. The molecule has 0 bridgehead atoms. The molecule has 1 heterocycles. The van der Waals surface area contributed by atoms with Crippen LogP contribution in [0.2, 0.25) is 0 Å². The van der Waals surface area contributed by atoms with E-state index in [1.807, 2.05) is 24.3 Å². The Kier molecular flexibility index (Phi) is 11.8. The topological polar surface area (TPSA) is 170 Å². The Morgan fingerprint density at radius 2 is 1.82 bits per heavy atom. The van der Waals surface area contributed by atoms with Crippen LogP contribution in [0.15, 0.2) is 52.6 Å². The van der Waals surface area contributed by atoms with Crippen molar-refractivity contribution < 1.29 is 23.9 Å². The first-order valence-corrected chi connectivity index (χ1v) is 12.2. The summed E-state index contributed by atoms with van der Waals surface area (Å²) in [6.07, 6.45) is 1.88. The van der Waals surface area contributed by atoms with E-state index in [1.165, 1.54) is 7.11 Å². The Morgan fingerprint density at radius 3 is 2.42 bits per heavy atom. The number of rotatable bonds is 10. The predicted octanol–water partition coefficient (Wildman–Crippen LogP) is 2.01. The van der Waals surface area contributed by atoms with Crippen LogP contribution in [-0.4, -0.2) is 43.6 Å². The molecule has 2 aromatic rings. The second-order valence-corrected chi connectivity index (χ2v) is 8.98. The molecule has 0 aromatic heterocycles. The van der Waals surface area contributed by atoms with Crippen LogP contribution in [0.3, 0.4) is 0 Å². The van der Waals surface area contributed by atoms with Crippen molar-refractivity contribution in [3.05, 3.63) is 59.2 Å². The minimum absolute atomic E-state index is 0.0733. The standard InChI is InChI=1S/C16H21N3O2.C11H15N3O3/c1-11(2)6-7-15(20)17-10-12-4-3-5-13(8-12)14-9-16(21)19-18-14;1-16-8-4-3-7(5-9(8)17-2)6-10(15)14-11(12)13/h3-5,8,11H,6-7,9-10H2,1-2H3,(H,17,20)(H,19,21);3-5H,6H2,1-2H3,(H4,12,13,14,15). The predicted molar refractivity (Wildman–Crippen MR) is 146 cm³/mol. The third kappa shape index (κ3) is 10.3. The number of hydrogen-bond donors (Lipinski definition) is 4. The first kappa shape index (κ1) is 29.8. The number of aliphatic imine (C=N–C) groups is 1. The molecule has 0 saturated heterocycles. The smallest absolute Gasteiger partial charge is 0.253 e. The maximum atomic E-state index is 11.7. The Hall–Kier alpha value is -4.41. The van der Waals surface area contributed by atoms with E-state index in [1.54, 1.807) is 25.3 Å². The van der Waals surface area contributed by atoms with Crippen LogP contribution < -0.4 is 31.7 Å². The molecule has 0 atom stereocenters. The highest BCUT2D eigenvalue weighted by Gasteiger charge is 2.16. The molecule has 3 amide bonds. The molecule has 0 spiro atoms. The van der Waals surface area contributed by atoms with Gasteiger partial charge in [-0.05, 0) is 47.2 Å². The van der Waals surface area contributed by atoms with Crippen LogP contribution in [0.5, 0.6) is 11.5 Å². The van der Waals surface area contributed by atoms with Crippen LogP contribution in [0.1, 0.15) is 49.8 Å². The Labute approximate surface area is 222 Å². The van der Waals surface area contributed by atoms with Gasteiger partial charge in [0.05, 0.1) is 32.8 Å². The summed E-state index contributed by atoms with van der Waals surface area (Å²) in [7, 11) is 3.07. The fourth-order valence-corrected chi connectivity index (χ4v) is 3.45. The maximum Gasteiger partial charge on any atom is 0.253 e. The van der Waals surface area contributed by atoms with Crippen molar-refractivity contribution in [3.8, 4) is 11.5 Å². The number of nitrogens with two attached hydrogens (primary N) is 2. The molecule has 6 N–H and O–H groups in total. The molecule has 204 valence electrons. The Bertz CT molecular complexity index is 1190. The molecule has 1 aliphatic rings. The van der Waals surface area contributed by atoms with E-state index in [0.717, 1.165) is 28.8 Å². The van der Waals surface area contributed by atoms with Crippen LogP contribution >= 0.6 is 0 Å². The number of carbonyl (C=O) groups excluding carboxylic acids is 3. The van der Waals surface area contributed by atoms with Crippen molar-refractivity contribution in [3.63, 3.8) is 0 Å². The molecule has 0 radical (unpaired) electrons. The summed E-state index contributed by atoms with van der Waals surface area (Å²) >= 11 is 0. The van der Waals surface area contributed by atoms with E-state index in [4.69, 9.17) is 20.9 Å². The molecule has 11 nitrogen and oxygen atoms in total. The number of guanidine groups is 1. The zero-order chi connectivity index (χ0) is 28.1. The molecular formula is C27H36N6O5. The number of hydrazone groups is 1. The van der Waals surface area contributed by atoms with Gasteiger partial charge in [0.2, 0.25) is 11.8 Å². The van der Waals surface area contributed by atoms with Gasteiger partial charge in [0.1, 0.15) is 0 Å². The van der Waals surface area contributed by atoms with Crippen LogP contribution in [0.25, 0.3) is 0 Å². The quantitative estimate of drug-likeness (QED) is 0.272. The molecular weight excluding hydrogens is 488 g/mol. The summed E-state index contributed by atoms with van der Waals surface area (Å²) in [5.41, 5.74) is 16.1. The van der Waals surface area contributed by atoms with Crippen molar-refractivity contribution in [1.82, 2.24) is 10.7 Å². The third-order valence-electron chi connectivity index (χ3n) is 5.40. The summed E-state index contributed by atoms with van der Waals surface area (Å²) in [4.78, 5) is 37.7. The zero-order valence-electron chi connectivity index (χ0n) is 22.2. The number of nitrogens with one attached hydrogen (secondary N) is 2. The first-order valence-electron chi connectivity index (χ1n) is 12.2. The third-order valence-corrected chi connectivity index (χ3v) is 5.40. The molecule has 0 aliphatic carbocycles. The zero-order valence-corrected chi connectivity index (χ0v) is 22.2. The highest BCUT2D eigenvalue weighted by Crippen LogP contribution is 2.27. The lowest BCUT2D eigenvalue weighted by molar-refractivity contribution is -0.121. The van der Waals surface area contributed by atoms with E-state index in [2.05, 4.69) is 34.7 Å². The number of methoxy groups -OCH3 is 2. The molecule has 0 fully saturated rings. The van der Waals surface area contributed by atoms with Crippen LogP contribution in [0.4, 0.5) is 0 Å². The SMILES string of the molecule is CC(C)CCC(=O)NCc1cccc(C2=NNC(=O)C2)c1.COc1ccc(CC(=O)N=C(N)N)cc1OC. The van der Waals surface area contributed by atoms with Crippen molar-refractivity contribution in [2.24, 2.45) is 27.5 Å².